The maximum Gasteiger partial charge on any atom is 0.449 e. The molecule has 0 saturated heterocycles. The van der Waals surface area contributed by atoms with Crippen molar-refractivity contribution >= 4 is 5.91 Å². The molecule has 1 N–H and O–H groups in total. The first-order valence-corrected chi connectivity index (χ1v) is 10.8. The number of halogens is 13. The average molecular weight is 595 g/mol. The Morgan fingerprint density at radius 2 is 1.31 bits per heavy atom. The number of ether oxygens (including phenoxy) is 1. The summed E-state index contributed by atoms with van der Waals surface area (Å²) in [5, 5.41) is 2.46. The van der Waals surface area contributed by atoms with Crippen LogP contribution in [0.4, 0.5) is 57.1 Å². The van der Waals surface area contributed by atoms with E-state index in [2.05, 4.69) is 10.1 Å². The summed E-state index contributed by atoms with van der Waals surface area (Å²) < 4.78 is 179. The lowest BCUT2D eigenvalue weighted by Gasteiger charge is -2.36. The predicted octanol–water partition coefficient (Wildman–Crippen LogP) is 6.74. The smallest absolute Gasteiger partial charge is 0.449 e. The van der Waals surface area contributed by atoms with Gasteiger partial charge < -0.3 is 14.5 Å². The second-order valence-electron chi connectivity index (χ2n) is 9.41. The number of allylic oxidation sites excluding steroid dienone is 2. The molecule has 0 saturated carbocycles. The minimum absolute atomic E-state index is 0.166. The van der Waals surface area contributed by atoms with Crippen LogP contribution in [0.1, 0.15) is 23.7 Å². The fraction of sp³-hybridized carbons (Fsp3) is 0.591. The summed E-state index contributed by atoms with van der Waals surface area (Å²) >= 11 is 0. The highest BCUT2D eigenvalue weighted by Crippen LogP contribution is 2.56. The highest BCUT2D eigenvalue weighted by Gasteiger charge is 2.78. The number of alkyl halides is 13. The normalized spacial score (nSPS) is 15.5. The summed E-state index contributed by atoms with van der Waals surface area (Å²) in [6.07, 6.45) is -26.7. The summed E-state index contributed by atoms with van der Waals surface area (Å²) in [6, 6.07) is 2.45. The third-order valence-corrected chi connectivity index (χ3v) is 5.21. The number of carbonyl (C=O) groups excluding carboxylic acids is 1. The van der Waals surface area contributed by atoms with Gasteiger partial charge in [0.1, 0.15) is 5.75 Å². The van der Waals surface area contributed by atoms with E-state index >= 15 is 0 Å². The zero-order valence-corrected chi connectivity index (χ0v) is 20.7. The van der Waals surface area contributed by atoms with Gasteiger partial charge in [-0.1, -0.05) is 0 Å². The highest BCUT2D eigenvalue weighted by atomic mass is 19.4. The van der Waals surface area contributed by atoms with Crippen LogP contribution in [0.3, 0.4) is 0 Å². The number of benzene rings is 1. The number of nitrogens with one attached hydrogen (secondary N) is 1. The third kappa shape index (κ3) is 8.63. The molecule has 1 amide bonds. The lowest BCUT2D eigenvalue weighted by Crippen LogP contribution is -2.58. The molecule has 1 atom stereocenters. The molecule has 0 aromatic heterocycles. The Kier molecular flexibility index (Phi) is 10.0. The Morgan fingerprint density at radius 1 is 0.846 bits per heavy atom. The van der Waals surface area contributed by atoms with Crippen molar-refractivity contribution in [3.63, 3.8) is 0 Å². The van der Waals surface area contributed by atoms with Crippen LogP contribution < -0.4 is 10.1 Å². The molecule has 224 valence electrons. The number of carbonyl (C=O) groups is 1. The molecule has 0 bridgehead atoms. The Morgan fingerprint density at radius 3 is 1.67 bits per heavy atom. The van der Waals surface area contributed by atoms with Gasteiger partial charge in [0, 0.05) is 24.1 Å². The van der Waals surface area contributed by atoms with Gasteiger partial charge in [-0.25, -0.2) is 4.39 Å². The summed E-state index contributed by atoms with van der Waals surface area (Å²) in [4.78, 5) is 12.2. The zero-order valence-electron chi connectivity index (χ0n) is 20.7. The Bertz CT molecular complexity index is 1000. The number of amides is 1. The summed E-state index contributed by atoms with van der Waals surface area (Å²) in [5.74, 6) is -9.73. The van der Waals surface area contributed by atoms with Gasteiger partial charge >= 0.3 is 30.4 Å². The maximum absolute atomic E-state index is 14.7. The van der Waals surface area contributed by atoms with Crippen LogP contribution in [-0.2, 0) is 0 Å². The molecule has 1 rings (SSSR count). The van der Waals surface area contributed by atoms with Gasteiger partial charge in [-0.3, -0.25) is 4.79 Å². The minimum Gasteiger partial charge on any atom is -0.452 e. The van der Waals surface area contributed by atoms with E-state index in [0.29, 0.717) is 29.6 Å². The van der Waals surface area contributed by atoms with Crippen molar-refractivity contribution in [1.82, 2.24) is 5.32 Å². The summed E-state index contributed by atoms with van der Waals surface area (Å²) in [5.41, 5.74) is -11.1. The van der Waals surface area contributed by atoms with Crippen molar-refractivity contribution in [3.05, 3.63) is 41.2 Å². The van der Waals surface area contributed by atoms with Gasteiger partial charge in [0.25, 0.3) is 5.91 Å². The molecule has 0 aliphatic heterocycles. The second kappa shape index (κ2) is 11.4. The summed E-state index contributed by atoms with van der Waals surface area (Å²) in [7, 11) is 5.63. The minimum atomic E-state index is -7.30. The van der Waals surface area contributed by atoms with E-state index in [1.807, 2.05) is 21.1 Å². The fourth-order valence-electron chi connectivity index (χ4n) is 3.20. The van der Waals surface area contributed by atoms with E-state index in [9.17, 15) is 61.9 Å². The van der Waals surface area contributed by atoms with Crippen LogP contribution in [-0.4, -0.2) is 75.0 Å². The fourth-order valence-corrected chi connectivity index (χ4v) is 3.20. The van der Waals surface area contributed by atoms with Crippen LogP contribution in [0.5, 0.6) is 5.75 Å². The molecule has 39 heavy (non-hydrogen) atoms. The number of hydrogen-bond acceptors (Lipinski definition) is 2. The van der Waals surface area contributed by atoms with Crippen molar-refractivity contribution in [1.29, 1.82) is 0 Å². The lowest BCUT2D eigenvalue weighted by atomic mass is 9.83. The SMILES string of the molecule is CC(/C(=C(\Oc1ccc(C(=O)NCCC[N+](C)(C)C)cc1)C(F)(F)F)C(F)(C(F)(F)F)C(F)(F)F)C(F)(F)F. The largest absolute Gasteiger partial charge is 0.452 e. The first kappa shape index (κ1) is 34.3. The third-order valence-electron chi connectivity index (χ3n) is 5.21. The van der Waals surface area contributed by atoms with Gasteiger partial charge in [-0.05, 0) is 31.2 Å². The second-order valence-corrected chi connectivity index (χ2v) is 9.41. The van der Waals surface area contributed by atoms with Gasteiger partial charge in [0.2, 0.25) is 5.76 Å². The molecule has 1 aromatic carbocycles. The number of quaternary nitrogens is 1. The molecule has 0 spiro atoms. The van der Waals surface area contributed by atoms with Crippen molar-refractivity contribution in [2.45, 2.75) is 43.7 Å². The first-order valence-electron chi connectivity index (χ1n) is 10.8. The van der Waals surface area contributed by atoms with Crippen LogP contribution in [0, 0.1) is 5.92 Å². The molecule has 1 aromatic rings. The van der Waals surface area contributed by atoms with Crippen LogP contribution in [0.2, 0.25) is 0 Å². The highest BCUT2D eigenvalue weighted by molar-refractivity contribution is 5.94. The van der Waals surface area contributed by atoms with E-state index in [0.717, 1.165) is 12.1 Å². The zero-order chi connectivity index (χ0) is 30.8. The lowest BCUT2D eigenvalue weighted by molar-refractivity contribution is -0.870. The molecule has 0 heterocycles. The molecule has 0 aliphatic rings. The van der Waals surface area contributed by atoms with Gasteiger partial charge in [0.05, 0.1) is 33.6 Å². The monoisotopic (exact) mass is 595 g/mol. The van der Waals surface area contributed by atoms with Crippen LogP contribution in [0.15, 0.2) is 35.6 Å². The van der Waals surface area contributed by atoms with Crippen molar-refractivity contribution in [2.24, 2.45) is 5.92 Å². The van der Waals surface area contributed by atoms with Gasteiger partial charge in [-0.15, -0.1) is 0 Å². The first-order chi connectivity index (χ1) is 17.2. The van der Waals surface area contributed by atoms with Crippen LogP contribution >= 0.6 is 0 Å². The summed E-state index contributed by atoms with van der Waals surface area (Å²) in [6.45, 7) is 0.312. The molecule has 4 nitrogen and oxygen atoms in total. The Hall–Kier alpha value is -2.72. The maximum atomic E-state index is 14.7. The van der Waals surface area contributed by atoms with Crippen molar-refractivity contribution in [2.75, 3.05) is 34.2 Å². The molecular weight excluding hydrogens is 571 g/mol. The number of rotatable bonds is 9. The molecule has 1 unspecified atom stereocenters. The van der Waals surface area contributed by atoms with E-state index in [1.165, 1.54) is 0 Å². The van der Waals surface area contributed by atoms with Gasteiger partial charge in [-0.2, -0.15) is 52.7 Å². The van der Waals surface area contributed by atoms with Crippen LogP contribution in [0.25, 0.3) is 0 Å². The molecule has 0 aliphatic carbocycles. The molecule has 0 radical (unpaired) electrons. The quantitative estimate of drug-likeness (QED) is 0.149. The number of hydrogen-bond donors (Lipinski definition) is 1. The Labute approximate surface area is 214 Å². The predicted molar refractivity (Wildman–Crippen MR) is 111 cm³/mol. The Balaban J connectivity index is 3.59. The molecule has 17 heteroatoms. The average Bonchev–Trinajstić information content (AvgIpc) is 2.72. The van der Waals surface area contributed by atoms with Crippen molar-refractivity contribution in [3.8, 4) is 5.75 Å². The topological polar surface area (TPSA) is 38.3 Å². The van der Waals surface area contributed by atoms with E-state index in [1.54, 1.807) is 0 Å². The van der Waals surface area contributed by atoms with Gasteiger partial charge in [0.15, 0.2) is 0 Å². The molecular formula is C22H24F13N2O2+. The number of nitrogens with zero attached hydrogens (tertiary/aromatic N) is 1. The molecule has 0 fully saturated rings. The standard InChI is InChI=1S/C22H23F13N2O2/c1-12(19(24,25)26)15(18(23,21(30,31)32)22(33,34)35)16(20(27,28)29)39-14-8-6-13(7-9-14)17(38)36-10-5-11-37(2,3)4/h6-9,12H,5,10-11H2,1-4H3/p+1/b16-15+. The van der Waals surface area contributed by atoms with E-state index in [-0.39, 0.29) is 12.1 Å². The van der Waals surface area contributed by atoms with E-state index in [4.69, 9.17) is 0 Å². The van der Waals surface area contributed by atoms with Crippen molar-refractivity contribution < 1.29 is 71.1 Å². The van der Waals surface area contributed by atoms with E-state index < -0.39 is 66.2 Å².